The lowest BCUT2D eigenvalue weighted by atomic mass is 10.0. The maximum atomic E-state index is 12.2. The first-order chi connectivity index (χ1) is 12.5. The van der Waals surface area contributed by atoms with Crippen molar-refractivity contribution in [3.8, 4) is 5.75 Å². The van der Waals surface area contributed by atoms with Gasteiger partial charge >= 0.3 is 0 Å². The van der Waals surface area contributed by atoms with E-state index in [1.807, 2.05) is 36.4 Å². The fourth-order valence-corrected chi connectivity index (χ4v) is 4.23. The molecular weight excluding hydrogens is 528 g/mol. The molecule has 3 rings (SSSR count). The third kappa shape index (κ3) is 4.34. The van der Waals surface area contributed by atoms with E-state index >= 15 is 0 Å². The molecule has 0 spiro atoms. The molecule has 1 amide bonds. The molecule has 0 fully saturated rings. The number of amides is 1. The monoisotopic (exact) mass is 538 g/mol. The quantitative estimate of drug-likeness (QED) is 0.338. The molecule has 0 bridgehead atoms. The highest BCUT2D eigenvalue weighted by molar-refractivity contribution is 9.11. The van der Waals surface area contributed by atoms with E-state index in [4.69, 9.17) is 0 Å². The van der Waals surface area contributed by atoms with Crippen molar-refractivity contribution >= 4 is 70.7 Å². The molecule has 0 saturated carbocycles. The van der Waals surface area contributed by atoms with Crippen LogP contribution >= 0.6 is 47.8 Å². The van der Waals surface area contributed by atoms with Crippen LogP contribution in [-0.4, -0.2) is 17.2 Å². The smallest absolute Gasteiger partial charge is 0.244 e. The Morgan fingerprint density at radius 1 is 1.00 bits per heavy atom. The SMILES string of the molecule is O=C(Cc1ccc(Br)c2ccccc12)NN=Cc1cc(Br)c(O)c(Br)c1. The molecule has 0 aromatic heterocycles. The Morgan fingerprint density at radius 2 is 1.65 bits per heavy atom. The number of hydrogen-bond donors (Lipinski definition) is 2. The second-order valence-electron chi connectivity index (χ2n) is 5.56. The summed E-state index contributed by atoms with van der Waals surface area (Å²) in [5.74, 6) is -0.0843. The molecule has 0 aliphatic heterocycles. The fraction of sp³-hybridized carbons (Fsp3) is 0.0526. The number of hydrogen-bond acceptors (Lipinski definition) is 3. The molecule has 3 aromatic carbocycles. The van der Waals surface area contributed by atoms with Crippen LogP contribution in [0.25, 0.3) is 10.8 Å². The van der Waals surface area contributed by atoms with Crippen molar-refractivity contribution in [3.05, 3.63) is 73.1 Å². The largest absolute Gasteiger partial charge is 0.506 e. The standard InChI is InChI=1S/C19H13Br3N2O2/c20-15-6-5-12(13-3-1-2-4-14(13)15)9-18(25)24-23-10-11-7-16(21)19(26)17(22)8-11/h1-8,10,26H,9H2,(H,24,25). The minimum absolute atomic E-state index is 0.119. The number of nitrogens with zero attached hydrogens (tertiary/aromatic N) is 1. The van der Waals surface area contributed by atoms with Crippen molar-refractivity contribution in [3.63, 3.8) is 0 Å². The number of phenolic OH excluding ortho intramolecular Hbond substituents is 1. The van der Waals surface area contributed by atoms with E-state index in [0.29, 0.717) is 8.95 Å². The van der Waals surface area contributed by atoms with Gasteiger partial charge in [0.25, 0.3) is 0 Å². The summed E-state index contributed by atoms with van der Waals surface area (Å²) in [6, 6.07) is 15.2. The number of fused-ring (bicyclic) bond motifs is 1. The normalized spacial score (nSPS) is 11.2. The number of halogens is 3. The average Bonchev–Trinajstić information content (AvgIpc) is 2.62. The highest BCUT2D eigenvalue weighted by Gasteiger charge is 2.08. The van der Waals surface area contributed by atoms with Crippen molar-refractivity contribution in [2.75, 3.05) is 0 Å². The summed E-state index contributed by atoms with van der Waals surface area (Å²) in [4.78, 5) is 12.2. The van der Waals surface area contributed by atoms with E-state index < -0.39 is 0 Å². The van der Waals surface area contributed by atoms with Crippen LogP contribution < -0.4 is 5.43 Å². The Bertz CT molecular complexity index is 996. The van der Waals surface area contributed by atoms with E-state index in [-0.39, 0.29) is 18.1 Å². The molecule has 4 nitrogen and oxygen atoms in total. The summed E-state index contributed by atoms with van der Waals surface area (Å²) in [5.41, 5.74) is 4.21. The first-order valence-corrected chi connectivity index (χ1v) is 9.99. The van der Waals surface area contributed by atoms with Crippen molar-refractivity contribution in [2.24, 2.45) is 5.10 Å². The number of nitrogens with one attached hydrogen (secondary N) is 1. The molecule has 2 N–H and O–H groups in total. The number of benzene rings is 3. The van der Waals surface area contributed by atoms with Crippen LogP contribution in [0.1, 0.15) is 11.1 Å². The zero-order valence-corrected chi connectivity index (χ0v) is 18.1. The zero-order chi connectivity index (χ0) is 18.7. The third-order valence-corrected chi connectivity index (χ3v) is 5.65. The minimum Gasteiger partial charge on any atom is -0.506 e. The number of aromatic hydroxyl groups is 1. The van der Waals surface area contributed by atoms with Gasteiger partial charge in [0.2, 0.25) is 5.91 Å². The van der Waals surface area contributed by atoms with E-state index in [1.54, 1.807) is 12.1 Å². The van der Waals surface area contributed by atoms with Gasteiger partial charge in [-0.2, -0.15) is 5.10 Å². The Morgan fingerprint density at radius 3 is 2.35 bits per heavy atom. The number of rotatable bonds is 4. The van der Waals surface area contributed by atoms with Gasteiger partial charge in [0.15, 0.2) is 0 Å². The zero-order valence-electron chi connectivity index (χ0n) is 13.3. The Balaban J connectivity index is 1.71. The van der Waals surface area contributed by atoms with Crippen LogP contribution in [0.15, 0.2) is 67.1 Å². The van der Waals surface area contributed by atoms with Crippen LogP contribution in [0.3, 0.4) is 0 Å². The average molecular weight is 541 g/mol. The Kier molecular flexibility index (Phi) is 6.11. The molecule has 0 heterocycles. The van der Waals surface area contributed by atoms with Gasteiger partial charge in [0.05, 0.1) is 21.6 Å². The molecule has 0 saturated heterocycles. The lowest BCUT2D eigenvalue weighted by molar-refractivity contribution is -0.120. The third-order valence-electron chi connectivity index (χ3n) is 3.75. The van der Waals surface area contributed by atoms with Crippen molar-refractivity contribution in [2.45, 2.75) is 6.42 Å². The van der Waals surface area contributed by atoms with Crippen LogP contribution in [0.2, 0.25) is 0 Å². The maximum absolute atomic E-state index is 12.2. The van der Waals surface area contributed by atoms with Gasteiger partial charge in [0.1, 0.15) is 5.75 Å². The second-order valence-corrected chi connectivity index (χ2v) is 8.12. The maximum Gasteiger partial charge on any atom is 0.244 e. The van der Waals surface area contributed by atoms with Gasteiger partial charge in [-0.15, -0.1) is 0 Å². The molecule has 0 unspecified atom stereocenters. The van der Waals surface area contributed by atoms with Gasteiger partial charge in [-0.1, -0.05) is 46.3 Å². The second kappa shape index (κ2) is 8.33. The van der Waals surface area contributed by atoms with Gasteiger partial charge in [-0.05, 0) is 72.0 Å². The summed E-state index contributed by atoms with van der Waals surface area (Å²) in [6.45, 7) is 0. The topological polar surface area (TPSA) is 61.7 Å². The molecule has 0 aliphatic carbocycles. The highest BCUT2D eigenvalue weighted by atomic mass is 79.9. The fourth-order valence-electron chi connectivity index (χ4n) is 2.53. The lowest BCUT2D eigenvalue weighted by Gasteiger charge is -2.07. The van der Waals surface area contributed by atoms with Gasteiger partial charge in [-0.3, -0.25) is 4.79 Å². The summed E-state index contributed by atoms with van der Waals surface area (Å²) in [5, 5.41) is 15.8. The minimum atomic E-state index is -0.203. The van der Waals surface area contributed by atoms with Gasteiger partial charge in [0, 0.05) is 4.47 Å². The van der Waals surface area contributed by atoms with E-state index in [9.17, 15) is 9.90 Å². The number of phenols is 1. The summed E-state index contributed by atoms with van der Waals surface area (Å²) < 4.78 is 2.08. The molecule has 26 heavy (non-hydrogen) atoms. The van der Waals surface area contributed by atoms with Crippen molar-refractivity contribution in [1.29, 1.82) is 0 Å². The number of carbonyl (C=O) groups is 1. The van der Waals surface area contributed by atoms with Crippen LogP contribution in [0, 0.1) is 0 Å². The number of carbonyl (C=O) groups excluding carboxylic acids is 1. The Labute approximate surface area is 175 Å². The van der Waals surface area contributed by atoms with E-state index in [2.05, 4.69) is 58.3 Å². The van der Waals surface area contributed by atoms with E-state index in [1.165, 1.54) is 6.21 Å². The Hall–Kier alpha value is -1.70. The summed E-state index contributed by atoms with van der Waals surface area (Å²) in [7, 11) is 0. The molecule has 7 heteroatoms. The van der Waals surface area contributed by atoms with Gasteiger partial charge < -0.3 is 5.11 Å². The molecule has 132 valence electrons. The molecular formula is C19H13Br3N2O2. The summed E-state index contributed by atoms with van der Waals surface area (Å²) >= 11 is 10.0. The lowest BCUT2D eigenvalue weighted by Crippen LogP contribution is -2.19. The molecule has 0 aliphatic rings. The van der Waals surface area contributed by atoms with Crippen LogP contribution in [-0.2, 0) is 11.2 Å². The van der Waals surface area contributed by atoms with Gasteiger partial charge in [-0.25, -0.2) is 5.43 Å². The van der Waals surface area contributed by atoms with Crippen molar-refractivity contribution < 1.29 is 9.90 Å². The molecule has 3 aromatic rings. The van der Waals surface area contributed by atoms with Crippen molar-refractivity contribution in [1.82, 2.24) is 5.43 Å². The van der Waals surface area contributed by atoms with Crippen LogP contribution in [0.5, 0.6) is 5.75 Å². The number of hydrazone groups is 1. The summed E-state index contributed by atoms with van der Waals surface area (Å²) in [6.07, 6.45) is 1.75. The molecule has 0 atom stereocenters. The highest BCUT2D eigenvalue weighted by Crippen LogP contribution is 2.32. The molecule has 0 radical (unpaired) electrons. The first-order valence-electron chi connectivity index (χ1n) is 7.61. The first kappa shape index (κ1) is 19.1. The predicted octanol–water partition coefficient (Wildman–Crippen LogP) is 5.53. The van der Waals surface area contributed by atoms with E-state index in [0.717, 1.165) is 26.4 Å². The van der Waals surface area contributed by atoms with Crippen LogP contribution in [0.4, 0.5) is 0 Å². The predicted molar refractivity (Wildman–Crippen MR) is 115 cm³/mol.